The number of pyridine rings is 1. The number of hydrogen-bond acceptors (Lipinski definition) is 7. The minimum atomic E-state index is -1.47. The molecule has 37 heavy (non-hydrogen) atoms. The summed E-state index contributed by atoms with van der Waals surface area (Å²) in [5, 5.41) is 11.1. The SMILES string of the molecule is COc1cc(C(=O)CCC(C)(O)c2ccc(OC)c(-c3ccc(F)c(Cl)c3)n2)ccc1OC(C)C(N)=O. The first-order valence-electron chi connectivity index (χ1n) is 11.4. The Hall–Kier alpha value is -3.69. The van der Waals surface area contributed by atoms with Crippen molar-refractivity contribution in [2.45, 2.75) is 38.4 Å². The molecule has 0 aliphatic carbocycles. The lowest BCUT2D eigenvalue weighted by molar-refractivity contribution is -0.124. The van der Waals surface area contributed by atoms with Gasteiger partial charge in [-0.05, 0) is 68.8 Å². The summed E-state index contributed by atoms with van der Waals surface area (Å²) in [6.07, 6.45) is -0.813. The predicted molar refractivity (Wildman–Crippen MR) is 137 cm³/mol. The Bertz CT molecular complexity index is 1310. The van der Waals surface area contributed by atoms with Crippen LogP contribution in [0.1, 0.15) is 42.7 Å². The first-order chi connectivity index (χ1) is 17.5. The van der Waals surface area contributed by atoms with Crippen LogP contribution >= 0.6 is 11.6 Å². The van der Waals surface area contributed by atoms with Crippen molar-refractivity contribution >= 4 is 23.3 Å². The number of carbonyl (C=O) groups excluding carboxylic acids is 2. The molecule has 2 aromatic carbocycles. The van der Waals surface area contributed by atoms with Gasteiger partial charge in [0.1, 0.15) is 22.9 Å². The second kappa shape index (κ2) is 11.6. The van der Waals surface area contributed by atoms with Crippen molar-refractivity contribution in [3.63, 3.8) is 0 Å². The van der Waals surface area contributed by atoms with Crippen LogP contribution < -0.4 is 19.9 Å². The Kier molecular flexibility index (Phi) is 8.73. The molecule has 0 radical (unpaired) electrons. The van der Waals surface area contributed by atoms with Crippen molar-refractivity contribution in [2.24, 2.45) is 5.73 Å². The van der Waals surface area contributed by atoms with Crippen molar-refractivity contribution in [3.8, 4) is 28.5 Å². The van der Waals surface area contributed by atoms with Gasteiger partial charge in [-0.25, -0.2) is 9.37 Å². The highest BCUT2D eigenvalue weighted by Gasteiger charge is 2.28. The summed E-state index contributed by atoms with van der Waals surface area (Å²) in [5.74, 6) is -0.490. The van der Waals surface area contributed by atoms with Gasteiger partial charge in [-0.3, -0.25) is 9.59 Å². The van der Waals surface area contributed by atoms with Gasteiger partial charge < -0.3 is 25.1 Å². The number of Topliss-reactive ketones (excluding diaryl/α,β-unsaturated/α-hetero) is 1. The number of ketones is 1. The van der Waals surface area contributed by atoms with E-state index in [1.165, 1.54) is 51.5 Å². The van der Waals surface area contributed by atoms with E-state index in [9.17, 15) is 19.1 Å². The number of nitrogens with two attached hydrogens (primary N) is 1. The number of halogens is 2. The lowest BCUT2D eigenvalue weighted by Gasteiger charge is -2.24. The van der Waals surface area contributed by atoms with Gasteiger partial charge in [0.15, 0.2) is 23.4 Å². The van der Waals surface area contributed by atoms with Crippen LogP contribution in [0.2, 0.25) is 5.02 Å². The highest BCUT2D eigenvalue weighted by Crippen LogP contribution is 2.35. The van der Waals surface area contributed by atoms with Gasteiger partial charge >= 0.3 is 0 Å². The highest BCUT2D eigenvalue weighted by molar-refractivity contribution is 6.31. The number of amides is 1. The lowest BCUT2D eigenvalue weighted by atomic mass is 9.92. The van der Waals surface area contributed by atoms with Crippen LogP contribution in [0.25, 0.3) is 11.3 Å². The number of ether oxygens (including phenoxy) is 3. The number of hydrogen-bond donors (Lipinski definition) is 2. The number of aliphatic hydroxyl groups is 1. The van der Waals surface area contributed by atoms with E-state index in [0.717, 1.165) is 0 Å². The quantitative estimate of drug-likeness (QED) is 0.345. The number of rotatable bonds is 11. The molecule has 0 aliphatic rings. The van der Waals surface area contributed by atoms with Crippen molar-refractivity contribution in [1.82, 2.24) is 4.98 Å². The third-order valence-electron chi connectivity index (χ3n) is 5.85. The Balaban J connectivity index is 1.80. The summed E-state index contributed by atoms with van der Waals surface area (Å²) in [5.41, 5.74) is 5.30. The van der Waals surface area contributed by atoms with E-state index in [1.54, 1.807) is 25.1 Å². The molecule has 196 valence electrons. The molecule has 3 N–H and O–H groups in total. The van der Waals surface area contributed by atoms with Crippen LogP contribution in [0.4, 0.5) is 4.39 Å². The van der Waals surface area contributed by atoms with E-state index in [2.05, 4.69) is 4.98 Å². The summed E-state index contributed by atoms with van der Waals surface area (Å²) in [6, 6.07) is 12.0. The first kappa shape index (κ1) is 27.9. The summed E-state index contributed by atoms with van der Waals surface area (Å²) >= 11 is 5.93. The van der Waals surface area contributed by atoms with E-state index >= 15 is 0 Å². The Morgan fingerprint density at radius 1 is 1.08 bits per heavy atom. The largest absolute Gasteiger partial charge is 0.494 e. The molecule has 10 heteroatoms. The third kappa shape index (κ3) is 6.55. The van der Waals surface area contributed by atoms with Gasteiger partial charge in [0.05, 0.1) is 24.9 Å². The van der Waals surface area contributed by atoms with Gasteiger partial charge in [-0.15, -0.1) is 0 Å². The summed E-state index contributed by atoms with van der Waals surface area (Å²) in [4.78, 5) is 28.8. The molecule has 1 amide bonds. The van der Waals surface area contributed by atoms with E-state index in [-0.39, 0.29) is 35.1 Å². The smallest absolute Gasteiger partial charge is 0.258 e. The second-order valence-electron chi connectivity index (χ2n) is 8.60. The van der Waals surface area contributed by atoms with E-state index in [4.69, 9.17) is 31.5 Å². The molecular weight excluding hydrogens is 503 g/mol. The van der Waals surface area contributed by atoms with Crippen LogP contribution in [0.3, 0.4) is 0 Å². The average Bonchev–Trinajstić information content (AvgIpc) is 2.88. The van der Waals surface area contributed by atoms with Gasteiger partial charge in [-0.1, -0.05) is 11.6 Å². The van der Waals surface area contributed by atoms with Crippen LogP contribution in [0.5, 0.6) is 17.2 Å². The molecule has 0 saturated heterocycles. The first-order valence-corrected chi connectivity index (χ1v) is 11.7. The molecule has 0 saturated carbocycles. The van der Waals surface area contributed by atoms with Crippen LogP contribution in [-0.4, -0.2) is 42.1 Å². The monoisotopic (exact) mass is 530 g/mol. The maximum atomic E-state index is 13.6. The predicted octanol–water partition coefficient (Wildman–Crippen LogP) is 4.68. The maximum absolute atomic E-state index is 13.6. The summed E-state index contributed by atoms with van der Waals surface area (Å²) < 4.78 is 29.8. The number of nitrogens with zero attached hydrogens (tertiary/aromatic N) is 1. The number of methoxy groups -OCH3 is 2. The van der Waals surface area contributed by atoms with Gasteiger partial charge in [0.25, 0.3) is 5.91 Å². The van der Waals surface area contributed by atoms with Crippen molar-refractivity contribution in [3.05, 3.63) is 70.6 Å². The summed E-state index contributed by atoms with van der Waals surface area (Å²) in [6.45, 7) is 3.06. The molecule has 3 rings (SSSR count). The topological polar surface area (TPSA) is 121 Å². The zero-order valence-corrected chi connectivity index (χ0v) is 21.6. The number of primary amides is 1. The molecular formula is C27H28ClFN2O6. The normalized spacial score (nSPS) is 13.4. The zero-order valence-electron chi connectivity index (χ0n) is 20.9. The molecule has 2 atom stereocenters. The van der Waals surface area contributed by atoms with Gasteiger partial charge in [0.2, 0.25) is 0 Å². The fraction of sp³-hybridized carbons (Fsp3) is 0.296. The fourth-order valence-electron chi connectivity index (χ4n) is 3.58. The zero-order chi connectivity index (χ0) is 27.3. The van der Waals surface area contributed by atoms with E-state index in [1.807, 2.05) is 0 Å². The third-order valence-corrected chi connectivity index (χ3v) is 6.14. The average molecular weight is 531 g/mol. The van der Waals surface area contributed by atoms with Crippen LogP contribution in [-0.2, 0) is 10.4 Å². The van der Waals surface area contributed by atoms with Crippen LogP contribution in [0.15, 0.2) is 48.5 Å². The Labute approximate surface area is 219 Å². The van der Waals surface area contributed by atoms with Crippen molar-refractivity contribution in [1.29, 1.82) is 0 Å². The number of carbonyl (C=O) groups is 2. The molecule has 0 aliphatic heterocycles. The lowest BCUT2D eigenvalue weighted by Crippen LogP contribution is -2.30. The Morgan fingerprint density at radius 2 is 1.76 bits per heavy atom. The Morgan fingerprint density at radius 3 is 2.38 bits per heavy atom. The van der Waals surface area contributed by atoms with E-state index in [0.29, 0.717) is 28.3 Å². The maximum Gasteiger partial charge on any atom is 0.258 e. The molecule has 3 aromatic rings. The molecule has 1 heterocycles. The van der Waals surface area contributed by atoms with Gasteiger partial charge in [0, 0.05) is 17.5 Å². The molecule has 0 spiro atoms. The van der Waals surface area contributed by atoms with E-state index < -0.39 is 23.4 Å². The number of benzene rings is 2. The van der Waals surface area contributed by atoms with Crippen molar-refractivity contribution < 1.29 is 33.3 Å². The highest BCUT2D eigenvalue weighted by atomic mass is 35.5. The molecule has 0 fully saturated rings. The minimum Gasteiger partial charge on any atom is -0.494 e. The second-order valence-corrected chi connectivity index (χ2v) is 9.01. The number of aromatic nitrogens is 1. The molecule has 8 nitrogen and oxygen atoms in total. The molecule has 2 unspecified atom stereocenters. The standard InChI is InChI=1S/C27H28ClFN2O6/c1-15(26(30)33)37-21-8-6-16(14-23(21)36-4)20(32)11-12-27(2,34)24-10-9-22(35-3)25(31-24)17-5-7-19(29)18(28)13-17/h5-10,13-15,34H,11-12H2,1-4H3,(H2,30,33). The van der Waals surface area contributed by atoms with Gasteiger partial charge in [-0.2, -0.15) is 0 Å². The minimum absolute atomic E-state index is 0.000530. The molecule has 1 aromatic heterocycles. The van der Waals surface area contributed by atoms with Crippen LogP contribution in [0, 0.1) is 5.82 Å². The fourth-order valence-corrected chi connectivity index (χ4v) is 3.76. The summed E-state index contributed by atoms with van der Waals surface area (Å²) in [7, 11) is 2.89. The van der Waals surface area contributed by atoms with Crippen molar-refractivity contribution in [2.75, 3.05) is 14.2 Å². The molecule has 0 bridgehead atoms.